The Kier molecular flexibility index (Phi) is 7.47. The molecular formula is C22H30N6O4. The van der Waals surface area contributed by atoms with Gasteiger partial charge in [0.05, 0.1) is 12.0 Å². The van der Waals surface area contributed by atoms with Gasteiger partial charge in [0, 0.05) is 38.2 Å². The molecule has 0 saturated carbocycles. The van der Waals surface area contributed by atoms with Gasteiger partial charge in [-0.1, -0.05) is 19.1 Å². The number of imidazole rings is 1. The highest BCUT2D eigenvalue weighted by Crippen LogP contribution is 2.35. The number of aromatic nitrogens is 2. The number of nitrogens with zero attached hydrogens (tertiary/aromatic N) is 3. The topological polar surface area (TPSA) is 134 Å². The molecule has 1 aliphatic rings. The van der Waals surface area contributed by atoms with Crippen molar-refractivity contribution in [3.63, 3.8) is 0 Å². The van der Waals surface area contributed by atoms with Gasteiger partial charge in [0.2, 0.25) is 17.8 Å². The Morgan fingerprint density at radius 2 is 1.94 bits per heavy atom. The predicted octanol–water partition coefficient (Wildman–Crippen LogP) is 1.75. The fraction of sp³-hybridized carbons (Fsp3) is 0.455. The van der Waals surface area contributed by atoms with Crippen LogP contribution < -0.4 is 16.0 Å². The first-order valence-electron chi connectivity index (χ1n) is 10.7. The van der Waals surface area contributed by atoms with Gasteiger partial charge >= 0.3 is 6.09 Å². The first-order valence-corrected chi connectivity index (χ1v) is 10.7. The number of H-pyrrole nitrogens is 1. The second kappa shape index (κ2) is 10.3. The third kappa shape index (κ3) is 5.25. The maximum atomic E-state index is 13.4. The SMILES string of the molecule is CCc1ccc(NC(=O)OCC2(C(=O)N(C)c3ncc[nH]3)CCN(C(=O)CN)CC2)cc1. The van der Waals surface area contributed by atoms with Crippen LogP contribution in [0.15, 0.2) is 36.7 Å². The summed E-state index contributed by atoms with van der Waals surface area (Å²) in [5, 5.41) is 2.70. The van der Waals surface area contributed by atoms with E-state index < -0.39 is 11.5 Å². The van der Waals surface area contributed by atoms with Gasteiger partial charge in [-0.05, 0) is 37.0 Å². The highest BCUT2D eigenvalue weighted by molar-refractivity contribution is 5.96. The minimum atomic E-state index is -0.976. The Hall–Kier alpha value is -3.40. The summed E-state index contributed by atoms with van der Waals surface area (Å²) in [5.74, 6) is 0.00215. The lowest BCUT2D eigenvalue weighted by Gasteiger charge is -2.41. The number of anilines is 2. The monoisotopic (exact) mass is 442 g/mol. The van der Waals surface area contributed by atoms with E-state index in [1.165, 1.54) is 4.90 Å². The van der Waals surface area contributed by atoms with Crippen LogP contribution in [0.1, 0.15) is 25.3 Å². The first-order chi connectivity index (χ1) is 15.4. The highest BCUT2D eigenvalue weighted by Gasteiger charge is 2.45. The molecule has 172 valence electrons. The average molecular weight is 443 g/mol. The minimum Gasteiger partial charge on any atom is -0.448 e. The number of aryl methyl sites for hydroxylation is 1. The number of amides is 3. The number of piperidine rings is 1. The van der Waals surface area contributed by atoms with Crippen molar-refractivity contribution in [3.8, 4) is 0 Å². The van der Waals surface area contributed by atoms with Crippen molar-refractivity contribution in [1.82, 2.24) is 14.9 Å². The maximum Gasteiger partial charge on any atom is 0.411 e. The smallest absolute Gasteiger partial charge is 0.411 e. The van der Waals surface area contributed by atoms with E-state index in [0.29, 0.717) is 37.6 Å². The summed E-state index contributed by atoms with van der Waals surface area (Å²) in [4.78, 5) is 47.9. The van der Waals surface area contributed by atoms with E-state index in [2.05, 4.69) is 22.2 Å². The van der Waals surface area contributed by atoms with Gasteiger partial charge in [-0.15, -0.1) is 0 Å². The Bertz CT molecular complexity index is 920. The van der Waals surface area contributed by atoms with Crippen LogP contribution in [-0.4, -0.2) is 66.1 Å². The molecule has 2 aromatic rings. The zero-order chi connectivity index (χ0) is 23.1. The minimum absolute atomic E-state index is 0.0804. The lowest BCUT2D eigenvalue weighted by molar-refractivity contribution is -0.140. The lowest BCUT2D eigenvalue weighted by atomic mass is 9.77. The number of carbonyl (C=O) groups excluding carboxylic acids is 3. The van der Waals surface area contributed by atoms with Crippen molar-refractivity contribution >= 4 is 29.5 Å². The summed E-state index contributed by atoms with van der Waals surface area (Å²) < 4.78 is 5.50. The molecule has 10 heteroatoms. The fourth-order valence-corrected chi connectivity index (χ4v) is 3.81. The molecule has 0 bridgehead atoms. The van der Waals surface area contributed by atoms with Crippen LogP contribution in [-0.2, 0) is 20.7 Å². The Labute approximate surface area is 187 Å². The molecule has 0 spiro atoms. The van der Waals surface area contributed by atoms with Crippen LogP contribution in [0.4, 0.5) is 16.4 Å². The second-order valence-corrected chi connectivity index (χ2v) is 7.89. The van der Waals surface area contributed by atoms with Crippen molar-refractivity contribution in [1.29, 1.82) is 0 Å². The maximum absolute atomic E-state index is 13.4. The van der Waals surface area contributed by atoms with E-state index >= 15 is 0 Å². The summed E-state index contributed by atoms with van der Waals surface area (Å²) >= 11 is 0. The number of rotatable bonds is 7. The van der Waals surface area contributed by atoms with Crippen molar-refractivity contribution in [2.24, 2.45) is 11.1 Å². The van der Waals surface area contributed by atoms with E-state index in [4.69, 9.17) is 10.5 Å². The van der Waals surface area contributed by atoms with Crippen LogP contribution in [0.5, 0.6) is 0 Å². The van der Waals surface area contributed by atoms with Crippen molar-refractivity contribution in [3.05, 3.63) is 42.2 Å². The molecule has 3 rings (SSSR count). The van der Waals surface area contributed by atoms with Crippen LogP contribution in [0.3, 0.4) is 0 Å². The van der Waals surface area contributed by atoms with Gasteiger partial charge in [0.15, 0.2) is 0 Å². The molecule has 32 heavy (non-hydrogen) atoms. The molecule has 3 amide bonds. The van der Waals surface area contributed by atoms with Crippen LogP contribution in [0, 0.1) is 5.41 Å². The number of aromatic amines is 1. The number of carbonyl (C=O) groups is 3. The van der Waals surface area contributed by atoms with Crippen molar-refractivity contribution < 1.29 is 19.1 Å². The average Bonchev–Trinajstić information content (AvgIpc) is 3.37. The van der Waals surface area contributed by atoms with Gasteiger partial charge in [-0.25, -0.2) is 9.78 Å². The Morgan fingerprint density at radius 3 is 2.50 bits per heavy atom. The first kappa shape index (κ1) is 23.3. The summed E-state index contributed by atoms with van der Waals surface area (Å²) in [7, 11) is 1.62. The number of nitrogens with one attached hydrogen (secondary N) is 2. The van der Waals surface area contributed by atoms with Crippen LogP contribution in [0.2, 0.25) is 0 Å². The number of hydrogen-bond donors (Lipinski definition) is 3. The normalized spacial score (nSPS) is 15.2. The van der Waals surface area contributed by atoms with E-state index in [0.717, 1.165) is 12.0 Å². The van der Waals surface area contributed by atoms with Crippen molar-refractivity contribution in [2.75, 3.05) is 43.5 Å². The molecule has 0 unspecified atom stereocenters. The molecule has 2 heterocycles. The van der Waals surface area contributed by atoms with Gasteiger partial charge in [0.1, 0.15) is 6.61 Å². The number of likely N-dealkylation sites (tertiary alicyclic amines) is 1. The van der Waals surface area contributed by atoms with Gasteiger partial charge in [-0.3, -0.25) is 19.8 Å². The van der Waals surface area contributed by atoms with E-state index in [-0.39, 0.29) is 25.0 Å². The van der Waals surface area contributed by atoms with E-state index in [1.807, 2.05) is 24.3 Å². The molecule has 0 aliphatic carbocycles. The molecular weight excluding hydrogens is 412 g/mol. The van der Waals surface area contributed by atoms with Gasteiger partial charge < -0.3 is 20.4 Å². The zero-order valence-electron chi connectivity index (χ0n) is 18.5. The fourth-order valence-electron chi connectivity index (χ4n) is 3.81. The molecule has 1 aromatic carbocycles. The Morgan fingerprint density at radius 1 is 1.25 bits per heavy atom. The Balaban J connectivity index is 1.70. The largest absolute Gasteiger partial charge is 0.448 e. The zero-order valence-corrected chi connectivity index (χ0v) is 18.5. The number of benzene rings is 1. The second-order valence-electron chi connectivity index (χ2n) is 7.89. The number of hydrogen-bond acceptors (Lipinski definition) is 6. The summed E-state index contributed by atoms with van der Waals surface area (Å²) in [5.41, 5.74) is 6.28. The van der Waals surface area contributed by atoms with E-state index in [1.54, 1.807) is 24.3 Å². The quantitative estimate of drug-likeness (QED) is 0.598. The molecule has 0 radical (unpaired) electrons. The van der Waals surface area contributed by atoms with Gasteiger partial charge in [-0.2, -0.15) is 0 Å². The molecule has 1 fully saturated rings. The molecule has 4 N–H and O–H groups in total. The number of ether oxygens (including phenoxy) is 1. The lowest BCUT2D eigenvalue weighted by Crippen LogP contribution is -2.54. The molecule has 1 saturated heterocycles. The molecule has 10 nitrogen and oxygen atoms in total. The summed E-state index contributed by atoms with van der Waals surface area (Å²) in [6.45, 7) is 2.58. The molecule has 0 atom stereocenters. The summed E-state index contributed by atoms with van der Waals surface area (Å²) in [6.07, 6.45) is 4.15. The van der Waals surface area contributed by atoms with Crippen molar-refractivity contribution in [2.45, 2.75) is 26.2 Å². The molecule has 1 aromatic heterocycles. The van der Waals surface area contributed by atoms with Crippen LogP contribution >= 0.6 is 0 Å². The molecule has 1 aliphatic heterocycles. The predicted molar refractivity (Wildman–Crippen MR) is 120 cm³/mol. The third-order valence-electron chi connectivity index (χ3n) is 5.90. The number of nitrogens with two attached hydrogens (primary N) is 1. The standard InChI is InChI=1S/C22H30N6O4/c1-3-16-4-6-17(7-5-16)26-21(31)32-15-22(8-12-28(13-9-22)18(29)14-23)19(30)27(2)20-24-10-11-25-20/h4-7,10-11H,3,8-9,12-15,23H2,1-2H3,(H,24,25)(H,26,31). The summed E-state index contributed by atoms with van der Waals surface area (Å²) in [6, 6.07) is 7.48. The highest BCUT2D eigenvalue weighted by atomic mass is 16.5. The third-order valence-corrected chi connectivity index (χ3v) is 5.90. The van der Waals surface area contributed by atoms with E-state index in [9.17, 15) is 14.4 Å². The van der Waals surface area contributed by atoms with Crippen LogP contribution in [0.25, 0.3) is 0 Å². The van der Waals surface area contributed by atoms with Gasteiger partial charge in [0.25, 0.3) is 0 Å².